The molecule has 11 nitrogen and oxygen atoms in total. The molecule has 0 spiro atoms. The molecule has 258 valence electrons. The number of carboxylic acid groups (broad SMARTS) is 2. The number of aryl methyl sites for hydroxylation is 2. The first-order valence-electron chi connectivity index (χ1n) is 14.0. The van der Waals surface area contributed by atoms with Crippen molar-refractivity contribution in [2.75, 3.05) is 12.3 Å². The zero-order valence-corrected chi connectivity index (χ0v) is 25.5. The van der Waals surface area contributed by atoms with Gasteiger partial charge in [0.25, 0.3) is 0 Å². The van der Waals surface area contributed by atoms with Gasteiger partial charge in [0.05, 0.1) is 6.04 Å². The summed E-state index contributed by atoms with van der Waals surface area (Å²) in [7, 11) is 0. The number of aliphatic carboxylic acids is 2. The summed E-state index contributed by atoms with van der Waals surface area (Å²) < 4.78 is 63.5. The van der Waals surface area contributed by atoms with Crippen molar-refractivity contribution < 1.29 is 55.7 Å². The molecule has 2 atom stereocenters. The Balaban J connectivity index is 0.00000120. The average molecular weight is 668 g/mol. The number of carbonyl (C=O) groups excluding carboxylic acids is 2. The normalized spacial score (nSPS) is 12.3. The van der Waals surface area contributed by atoms with Crippen LogP contribution in [-0.2, 0) is 32.1 Å². The molecule has 2 rings (SSSR count). The second kappa shape index (κ2) is 20.6. The van der Waals surface area contributed by atoms with Crippen molar-refractivity contribution in [3.63, 3.8) is 0 Å². The van der Waals surface area contributed by atoms with E-state index in [4.69, 9.17) is 25.5 Å². The monoisotopic (exact) mass is 667 g/mol. The van der Waals surface area contributed by atoms with E-state index >= 15 is 0 Å². The van der Waals surface area contributed by atoms with Crippen LogP contribution < -0.4 is 21.7 Å². The molecule has 2 unspecified atom stereocenters. The third-order valence-electron chi connectivity index (χ3n) is 5.96. The van der Waals surface area contributed by atoms with Gasteiger partial charge in [0.2, 0.25) is 11.8 Å². The van der Waals surface area contributed by atoms with Gasteiger partial charge in [0.1, 0.15) is 11.9 Å². The van der Waals surface area contributed by atoms with E-state index in [0.717, 1.165) is 43.5 Å². The fraction of sp³-hybridized carbons (Fsp3) is 0.483. The highest BCUT2D eigenvalue weighted by molar-refractivity contribution is 5.89. The maximum atomic E-state index is 12.9. The standard InChI is InChI=1S/C25H37N5O2.2C2HF3O2/c1-4-5-9-16-27-22(14-12-20-10-7-6-8-11-20)25(32)30-19(3)24(31)28-17-21-13-15-23(26)29-18(21)2;2*3-2(4,5)1(6)7/h6-8,10-11,13,15,19,22,27H,4-5,9,12,14,16-17H2,1-3H3,(H2,26,29)(H,28,31)(H,30,32);2*(H,6,7). The highest BCUT2D eigenvalue weighted by Gasteiger charge is 2.38. The lowest BCUT2D eigenvalue weighted by Crippen LogP contribution is -2.51. The summed E-state index contributed by atoms with van der Waals surface area (Å²) in [6, 6.07) is 12.7. The smallest absolute Gasteiger partial charge is 0.475 e. The molecule has 0 fully saturated rings. The fourth-order valence-electron chi connectivity index (χ4n) is 3.44. The van der Waals surface area contributed by atoms with E-state index < -0.39 is 30.3 Å². The van der Waals surface area contributed by atoms with E-state index in [9.17, 15) is 35.9 Å². The van der Waals surface area contributed by atoms with Crippen LogP contribution in [0.15, 0.2) is 42.5 Å². The lowest BCUT2D eigenvalue weighted by atomic mass is 10.0. The average Bonchev–Trinajstić information content (AvgIpc) is 2.96. The minimum absolute atomic E-state index is 0.148. The summed E-state index contributed by atoms with van der Waals surface area (Å²) >= 11 is 0. The molecule has 17 heteroatoms. The first-order chi connectivity index (χ1) is 21.3. The number of anilines is 1. The molecule has 1 heterocycles. The number of amides is 2. The number of halogens is 6. The maximum Gasteiger partial charge on any atom is 0.490 e. The minimum atomic E-state index is -5.08. The van der Waals surface area contributed by atoms with Gasteiger partial charge < -0.3 is 31.9 Å². The maximum absolute atomic E-state index is 12.9. The second-order valence-electron chi connectivity index (χ2n) is 9.77. The van der Waals surface area contributed by atoms with Gasteiger partial charge in [0.15, 0.2) is 0 Å². The van der Waals surface area contributed by atoms with Crippen LogP contribution in [0.2, 0.25) is 0 Å². The molecule has 0 aliphatic heterocycles. The predicted octanol–water partition coefficient (Wildman–Crippen LogP) is 4.14. The molecule has 0 aliphatic rings. The van der Waals surface area contributed by atoms with Gasteiger partial charge in [-0.15, -0.1) is 0 Å². The second-order valence-corrected chi connectivity index (χ2v) is 9.77. The number of hydrogen-bond donors (Lipinski definition) is 6. The molecular formula is C29H39F6N5O6. The molecule has 1 aromatic heterocycles. The molecule has 0 bridgehead atoms. The Hall–Kier alpha value is -4.41. The summed E-state index contributed by atoms with van der Waals surface area (Å²) in [5, 5.41) is 23.4. The number of nitrogens with one attached hydrogen (secondary N) is 3. The Morgan fingerprint density at radius 2 is 1.43 bits per heavy atom. The topological polar surface area (TPSA) is 184 Å². The molecule has 0 saturated carbocycles. The van der Waals surface area contributed by atoms with Crippen molar-refractivity contribution in [1.29, 1.82) is 0 Å². The molecule has 46 heavy (non-hydrogen) atoms. The number of pyridine rings is 1. The van der Waals surface area contributed by atoms with Crippen molar-refractivity contribution in [1.82, 2.24) is 20.9 Å². The van der Waals surface area contributed by atoms with Crippen LogP contribution in [0.3, 0.4) is 0 Å². The lowest BCUT2D eigenvalue weighted by Gasteiger charge is -2.21. The highest BCUT2D eigenvalue weighted by atomic mass is 19.4. The molecule has 7 N–H and O–H groups in total. The summed E-state index contributed by atoms with van der Waals surface area (Å²) in [5.74, 6) is -5.45. The number of benzene rings is 1. The molecule has 2 amide bonds. The van der Waals surface area contributed by atoms with Crippen molar-refractivity contribution in [3.05, 3.63) is 59.3 Å². The Labute approximate surface area is 262 Å². The van der Waals surface area contributed by atoms with Gasteiger partial charge in [-0.2, -0.15) is 26.3 Å². The number of carbonyl (C=O) groups is 4. The molecule has 0 aliphatic carbocycles. The van der Waals surface area contributed by atoms with E-state index in [-0.39, 0.29) is 17.9 Å². The van der Waals surface area contributed by atoms with Crippen LogP contribution >= 0.6 is 0 Å². The number of alkyl halides is 6. The number of unbranched alkanes of at least 4 members (excludes halogenated alkanes) is 2. The number of nitrogen functional groups attached to an aromatic ring is 1. The third-order valence-corrected chi connectivity index (χ3v) is 5.96. The first-order valence-corrected chi connectivity index (χ1v) is 14.0. The number of hydrogen-bond acceptors (Lipinski definition) is 7. The van der Waals surface area contributed by atoms with Crippen molar-refractivity contribution in [2.45, 2.75) is 83.9 Å². The van der Waals surface area contributed by atoms with Gasteiger partial charge in [-0.25, -0.2) is 14.6 Å². The highest BCUT2D eigenvalue weighted by Crippen LogP contribution is 2.14. The van der Waals surface area contributed by atoms with Crippen LogP contribution in [0.25, 0.3) is 0 Å². The number of nitrogens with zero attached hydrogens (tertiary/aromatic N) is 1. The van der Waals surface area contributed by atoms with E-state index in [0.29, 0.717) is 18.8 Å². The Bertz CT molecular complexity index is 1220. The van der Waals surface area contributed by atoms with Gasteiger partial charge in [-0.1, -0.05) is 56.2 Å². The van der Waals surface area contributed by atoms with Gasteiger partial charge in [0, 0.05) is 12.2 Å². The Kier molecular flexibility index (Phi) is 18.6. The number of carboxylic acids is 2. The molecule has 0 radical (unpaired) electrons. The number of rotatable bonds is 13. The van der Waals surface area contributed by atoms with Crippen molar-refractivity contribution in [2.24, 2.45) is 0 Å². The SMILES string of the molecule is CCCCCNC(CCc1ccccc1)C(=O)NC(C)C(=O)NCc1ccc(N)nc1C.O=C(O)C(F)(F)F.O=C(O)C(F)(F)F. The van der Waals surface area contributed by atoms with E-state index in [2.05, 4.69) is 40.0 Å². The van der Waals surface area contributed by atoms with Crippen LogP contribution in [0.1, 0.15) is 56.4 Å². The lowest BCUT2D eigenvalue weighted by molar-refractivity contribution is -0.193. The molecule has 0 saturated heterocycles. The molecular weight excluding hydrogens is 628 g/mol. The summed E-state index contributed by atoms with van der Waals surface area (Å²) in [5.41, 5.74) is 8.54. The minimum Gasteiger partial charge on any atom is -0.475 e. The quantitative estimate of drug-likeness (QED) is 0.135. The predicted molar refractivity (Wildman–Crippen MR) is 156 cm³/mol. The number of nitrogens with two attached hydrogens (primary N) is 1. The van der Waals surface area contributed by atoms with Crippen LogP contribution in [0.4, 0.5) is 32.2 Å². The number of aromatic nitrogens is 1. The van der Waals surface area contributed by atoms with Crippen molar-refractivity contribution in [3.8, 4) is 0 Å². The van der Waals surface area contributed by atoms with Crippen molar-refractivity contribution >= 4 is 29.6 Å². The molecule has 1 aromatic carbocycles. The van der Waals surface area contributed by atoms with E-state index in [1.807, 2.05) is 31.2 Å². The zero-order valence-electron chi connectivity index (χ0n) is 25.5. The van der Waals surface area contributed by atoms with Gasteiger partial charge in [-0.05, 0) is 56.8 Å². The third kappa shape index (κ3) is 18.4. The Morgan fingerprint density at radius 3 is 1.91 bits per heavy atom. The zero-order chi connectivity index (χ0) is 35.5. The summed E-state index contributed by atoms with van der Waals surface area (Å²) in [6.45, 7) is 6.83. The van der Waals surface area contributed by atoms with Crippen LogP contribution in [0, 0.1) is 6.92 Å². The summed E-state index contributed by atoms with van der Waals surface area (Å²) in [4.78, 5) is 47.5. The fourth-order valence-corrected chi connectivity index (χ4v) is 3.44. The molecule has 2 aromatic rings. The first kappa shape index (κ1) is 41.6. The largest absolute Gasteiger partial charge is 0.490 e. The summed E-state index contributed by atoms with van der Waals surface area (Å²) in [6.07, 6.45) is -5.42. The van der Waals surface area contributed by atoms with E-state index in [1.54, 1.807) is 13.0 Å². The Morgan fingerprint density at radius 1 is 0.891 bits per heavy atom. The van der Waals surface area contributed by atoms with Crippen LogP contribution in [0.5, 0.6) is 0 Å². The van der Waals surface area contributed by atoms with Crippen LogP contribution in [-0.4, -0.2) is 69.9 Å². The van der Waals surface area contributed by atoms with Gasteiger partial charge in [-0.3, -0.25) is 9.59 Å². The van der Waals surface area contributed by atoms with Gasteiger partial charge >= 0.3 is 24.3 Å². The van der Waals surface area contributed by atoms with E-state index in [1.165, 1.54) is 5.56 Å².